The molecule has 1 aliphatic heterocycles. The van der Waals surface area contributed by atoms with Crippen LogP contribution in [-0.2, 0) is 11.2 Å². The molecule has 2 aromatic heterocycles. The molecule has 3 heterocycles. The van der Waals surface area contributed by atoms with E-state index in [2.05, 4.69) is 25.7 Å². The number of rotatable bonds is 6. The molecule has 26 heavy (non-hydrogen) atoms. The number of ether oxygens (including phenoxy) is 1. The molecule has 8 nitrogen and oxygen atoms in total. The largest absolute Gasteiger partial charge is 0.368 e. The van der Waals surface area contributed by atoms with E-state index in [1.807, 2.05) is 0 Å². The van der Waals surface area contributed by atoms with Gasteiger partial charge in [0.2, 0.25) is 0 Å². The molecule has 0 radical (unpaired) electrons. The highest BCUT2D eigenvalue weighted by molar-refractivity contribution is 5.95. The predicted octanol–water partition coefficient (Wildman–Crippen LogP) is 2.66. The maximum atomic E-state index is 12.5. The van der Waals surface area contributed by atoms with Crippen molar-refractivity contribution in [1.29, 1.82) is 0 Å². The maximum Gasteiger partial charge on any atom is 0.255 e. The molecular formula is C18H25N5O3. The Bertz CT molecular complexity index is 729. The molecule has 0 bridgehead atoms. The molecule has 140 valence electrons. The van der Waals surface area contributed by atoms with E-state index in [9.17, 15) is 4.79 Å². The third-order valence-electron chi connectivity index (χ3n) is 5.25. The van der Waals surface area contributed by atoms with Gasteiger partial charge in [-0.2, -0.15) is 10.1 Å². The number of hydrogen-bond donors (Lipinski definition) is 2. The minimum atomic E-state index is -0.0952. The van der Waals surface area contributed by atoms with Crippen molar-refractivity contribution in [3.05, 3.63) is 29.2 Å². The van der Waals surface area contributed by atoms with E-state index in [1.54, 1.807) is 6.20 Å². The molecule has 2 N–H and O–H groups in total. The Balaban J connectivity index is 1.30. The van der Waals surface area contributed by atoms with Gasteiger partial charge in [-0.05, 0) is 25.7 Å². The Morgan fingerprint density at radius 3 is 2.92 bits per heavy atom. The fraction of sp³-hybridized carbons (Fsp3) is 0.667. The first kappa shape index (κ1) is 17.2. The zero-order valence-corrected chi connectivity index (χ0v) is 14.9. The monoisotopic (exact) mass is 359 g/mol. The molecule has 0 spiro atoms. The summed E-state index contributed by atoms with van der Waals surface area (Å²) in [6.07, 6.45) is 9.98. The Morgan fingerprint density at radius 2 is 2.12 bits per heavy atom. The minimum absolute atomic E-state index is 0.0742. The van der Waals surface area contributed by atoms with Crippen molar-refractivity contribution in [2.75, 3.05) is 13.2 Å². The van der Waals surface area contributed by atoms with E-state index in [-0.39, 0.29) is 12.0 Å². The lowest BCUT2D eigenvalue weighted by molar-refractivity contribution is 0.0835. The molecule has 1 atom stereocenters. The summed E-state index contributed by atoms with van der Waals surface area (Å²) in [5, 5.41) is 14.0. The highest BCUT2D eigenvalue weighted by Gasteiger charge is 2.25. The van der Waals surface area contributed by atoms with Crippen LogP contribution in [0.2, 0.25) is 0 Å². The Hall–Kier alpha value is -2.22. The van der Waals surface area contributed by atoms with Crippen LogP contribution in [-0.4, -0.2) is 39.4 Å². The highest BCUT2D eigenvalue weighted by atomic mass is 16.5. The molecule has 1 saturated heterocycles. The van der Waals surface area contributed by atoms with Gasteiger partial charge in [-0.1, -0.05) is 24.4 Å². The van der Waals surface area contributed by atoms with Crippen LogP contribution in [0.25, 0.3) is 0 Å². The van der Waals surface area contributed by atoms with Crippen molar-refractivity contribution >= 4 is 5.91 Å². The second kappa shape index (κ2) is 7.99. The molecule has 0 unspecified atom stereocenters. The van der Waals surface area contributed by atoms with Gasteiger partial charge in [-0.15, -0.1) is 0 Å². The molecule has 1 aliphatic carbocycles. The Kier molecular flexibility index (Phi) is 5.29. The van der Waals surface area contributed by atoms with Gasteiger partial charge in [0, 0.05) is 25.5 Å². The molecule has 2 fully saturated rings. The number of aromatic nitrogens is 4. The van der Waals surface area contributed by atoms with E-state index in [1.165, 1.54) is 19.3 Å². The van der Waals surface area contributed by atoms with Crippen LogP contribution < -0.4 is 5.32 Å². The van der Waals surface area contributed by atoms with Gasteiger partial charge in [0.25, 0.3) is 11.8 Å². The minimum Gasteiger partial charge on any atom is -0.368 e. The second-order valence-electron chi connectivity index (χ2n) is 7.09. The number of nitrogens with one attached hydrogen (secondary N) is 2. The molecule has 8 heteroatoms. The van der Waals surface area contributed by atoms with Crippen LogP contribution in [0.3, 0.4) is 0 Å². The first-order valence-corrected chi connectivity index (χ1v) is 9.57. The normalized spacial score (nSPS) is 21.2. The lowest BCUT2D eigenvalue weighted by Crippen LogP contribution is -2.27. The topological polar surface area (TPSA) is 106 Å². The molecule has 0 aromatic carbocycles. The summed E-state index contributed by atoms with van der Waals surface area (Å²) in [7, 11) is 0. The van der Waals surface area contributed by atoms with Crippen LogP contribution in [0.5, 0.6) is 0 Å². The fourth-order valence-corrected chi connectivity index (χ4v) is 3.83. The van der Waals surface area contributed by atoms with Gasteiger partial charge in [0.05, 0.1) is 17.5 Å². The molecule has 1 saturated carbocycles. The van der Waals surface area contributed by atoms with Crippen molar-refractivity contribution < 1.29 is 14.1 Å². The average Bonchev–Trinajstić information content (AvgIpc) is 3.42. The van der Waals surface area contributed by atoms with Gasteiger partial charge in [0.15, 0.2) is 5.82 Å². The third kappa shape index (κ3) is 3.80. The summed E-state index contributed by atoms with van der Waals surface area (Å²) in [4.78, 5) is 16.9. The fourth-order valence-electron chi connectivity index (χ4n) is 3.83. The summed E-state index contributed by atoms with van der Waals surface area (Å²) in [5.74, 6) is 1.45. The van der Waals surface area contributed by atoms with Crippen LogP contribution in [0.4, 0.5) is 0 Å². The smallest absolute Gasteiger partial charge is 0.255 e. The molecule has 2 aliphatic rings. The number of H-pyrrole nitrogens is 1. The first-order chi connectivity index (χ1) is 12.8. The summed E-state index contributed by atoms with van der Waals surface area (Å²) in [6, 6.07) is 0. The molecular weight excluding hydrogens is 334 g/mol. The number of hydrogen-bond acceptors (Lipinski definition) is 6. The van der Waals surface area contributed by atoms with E-state index in [4.69, 9.17) is 9.26 Å². The lowest BCUT2D eigenvalue weighted by Gasteiger charge is -2.21. The average molecular weight is 359 g/mol. The van der Waals surface area contributed by atoms with Gasteiger partial charge < -0.3 is 14.6 Å². The summed E-state index contributed by atoms with van der Waals surface area (Å²) >= 11 is 0. The van der Waals surface area contributed by atoms with E-state index >= 15 is 0 Å². The van der Waals surface area contributed by atoms with Gasteiger partial charge >= 0.3 is 0 Å². The quantitative estimate of drug-likeness (QED) is 0.821. The van der Waals surface area contributed by atoms with Crippen molar-refractivity contribution in [3.63, 3.8) is 0 Å². The van der Waals surface area contributed by atoms with Gasteiger partial charge in [0.1, 0.15) is 6.10 Å². The number of aromatic amines is 1. The van der Waals surface area contributed by atoms with Crippen LogP contribution in [0.1, 0.15) is 84.7 Å². The first-order valence-electron chi connectivity index (χ1n) is 9.57. The molecule has 4 rings (SSSR count). The lowest BCUT2D eigenvalue weighted by atomic mass is 9.85. The zero-order valence-electron chi connectivity index (χ0n) is 14.9. The SMILES string of the molecule is O=C(NCCc1noc([C@H]2CCCO2)n1)c1cn[nH]c1C1CCCCC1. The van der Waals surface area contributed by atoms with Gasteiger partial charge in [-0.3, -0.25) is 9.89 Å². The summed E-state index contributed by atoms with van der Waals surface area (Å²) in [5.41, 5.74) is 1.63. The second-order valence-corrected chi connectivity index (χ2v) is 7.09. The molecule has 1 amide bonds. The number of nitrogens with zero attached hydrogens (tertiary/aromatic N) is 3. The third-order valence-corrected chi connectivity index (χ3v) is 5.25. The summed E-state index contributed by atoms with van der Waals surface area (Å²) < 4.78 is 10.8. The Labute approximate surface area is 152 Å². The van der Waals surface area contributed by atoms with Crippen molar-refractivity contribution in [2.45, 2.75) is 63.4 Å². The number of amides is 1. The van der Waals surface area contributed by atoms with E-state index in [0.29, 0.717) is 36.2 Å². The number of carbonyl (C=O) groups is 1. The Morgan fingerprint density at radius 1 is 1.23 bits per heavy atom. The number of carbonyl (C=O) groups excluding carboxylic acids is 1. The van der Waals surface area contributed by atoms with Gasteiger partial charge in [-0.25, -0.2) is 0 Å². The van der Waals surface area contributed by atoms with E-state index < -0.39 is 0 Å². The molecule has 2 aromatic rings. The van der Waals surface area contributed by atoms with Crippen molar-refractivity contribution in [2.24, 2.45) is 0 Å². The highest BCUT2D eigenvalue weighted by Crippen LogP contribution is 2.33. The zero-order chi connectivity index (χ0) is 17.8. The van der Waals surface area contributed by atoms with E-state index in [0.717, 1.165) is 38.0 Å². The van der Waals surface area contributed by atoms with Crippen molar-refractivity contribution in [3.8, 4) is 0 Å². The van der Waals surface area contributed by atoms with Crippen LogP contribution in [0.15, 0.2) is 10.7 Å². The van der Waals surface area contributed by atoms with Crippen LogP contribution >= 0.6 is 0 Å². The van der Waals surface area contributed by atoms with Crippen molar-refractivity contribution in [1.82, 2.24) is 25.7 Å². The van der Waals surface area contributed by atoms with Crippen LogP contribution in [0, 0.1) is 0 Å². The standard InChI is InChI=1S/C18H25N5O3/c24-17(13-11-20-22-16(13)12-5-2-1-3-6-12)19-9-8-15-21-18(26-23-15)14-7-4-10-25-14/h11-12,14H,1-10H2,(H,19,24)(H,20,22)/t14-/m1/s1. The summed E-state index contributed by atoms with van der Waals surface area (Å²) in [6.45, 7) is 1.20. The predicted molar refractivity (Wildman–Crippen MR) is 92.7 cm³/mol. The maximum absolute atomic E-state index is 12.5.